The molecule has 1 aromatic rings. The van der Waals surface area contributed by atoms with Crippen LogP contribution in [0.3, 0.4) is 0 Å². The fourth-order valence-corrected chi connectivity index (χ4v) is 6.35. The third-order valence-electron chi connectivity index (χ3n) is 7.92. The number of esters is 1. The summed E-state index contributed by atoms with van der Waals surface area (Å²) in [7, 11) is 3.01. The van der Waals surface area contributed by atoms with E-state index in [4.69, 9.17) is 9.47 Å². The maximum absolute atomic E-state index is 13.3. The lowest BCUT2D eigenvalue weighted by molar-refractivity contribution is -0.138. The molecule has 0 N–H and O–H groups in total. The molecule has 32 heavy (non-hydrogen) atoms. The van der Waals surface area contributed by atoms with Gasteiger partial charge < -0.3 is 19.3 Å². The molecule has 4 aliphatic rings. The molecule has 0 aromatic heterocycles. The molecular weight excluding hydrogens is 423 g/mol. The Labute approximate surface area is 191 Å². The van der Waals surface area contributed by atoms with Crippen LogP contribution in [0.5, 0.6) is 0 Å². The molecule has 5 rings (SSSR count). The number of benzene rings is 1. The summed E-state index contributed by atoms with van der Waals surface area (Å²) in [5.74, 6) is 0.653. The normalized spacial score (nSPS) is 23.7. The molecule has 2 unspecified atom stereocenters. The summed E-state index contributed by atoms with van der Waals surface area (Å²) in [6.45, 7) is 12.2. The number of cyclic esters (lactones) is 1. The van der Waals surface area contributed by atoms with Crippen LogP contribution in [0.15, 0.2) is 30.0 Å². The first kappa shape index (κ1) is 21.7. The summed E-state index contributed by atoms with van der Waals surface area (Å²) < 4.78 is 10.8. The highest BCUT2D eigenvalue weighted by molar-refractivity contribution is 7.17. The minimum absolute atomic E-state index is 0.182. The van der Waals surface area contributed by atoms with Crippen molar-refractivity contribution in [2.45, 2.75) is 45.4 Å². The van der Waals surface area contributed by atoms with E-state index in [1.165, 1.54) is 16.7 Å². The minimum Gasteiger partial charge on any atom is -0.489 e. The number of amides is 1. The van der Waals surface area contributed by atoms with Gasteiger partial charge in [-0.3, -0.25) is 4.79 Å². The number of carbonyl (C=O) groups excluding carboxylic acids is 2. The third-order valence-corrected chi connectivity index (χ3v) is 8.49. The van der Waals surface area contributed by atoms with Gasteiger partial charge in [-0.15, -0.1) is 9.24 Å². The van der Waals surface area contributed by atoms with Crippen LogP contribution in [-0.4, -0.2) is 54.5 Å². The van der Waals surface area contributed by atoms with Gasteiger partial charge in [-0.05, 0) is 57.3 Å². The second-order valence-electron chi connectivity index (χ2n) is 9.56. The summed E-state index contributed by atoms with van der Waals surface area (Å²) in [4.78, 5) is 29.4. The summed E-state index contributed by atoms with van der Waals surface area (Å²) in [5.41, 5.74) is 6.42. The molecule has 2 saturated heterocycles. The number of carbonyl (C=O) groups is 2. The Morgan fingerprint density at radius 1 is 1.09 bits per heavy atom. The molecule has 2 atom stereocenters. The van der Waals surface area contributed by atoms with E-state index >= 15 is 0 Å². The van der Waals surface area contributed by atoms with Gasteiger partial charge in [0.25, 0.3) is 0 Å². The van der Waals surface area contributed by atoms with Crippen molar-refractivity contribution in [3.8, 4) is 0 Å². The van der Waals surface area contributed by atoms with E-state index in [1.54, 1.807) is 6.92 Å². The van der Waals surface area contributed by atoms with Gasteiger partial charge in [0.15, 0.2) is 0 Å². The van der Waals surface area contributed by atoms with Crippen LogP contribution in [0.2, 0.25) is 0 Å². The third kappa shape index (κ3) is 3.39. The lowest BCUT2D eigenvalue weighted by Gasteiger charge is -2.39. The minimum atomic E-state index is -0.298. The van der Waals surface area contributed by atoms with Crippen LogP contribution in [0.1, 0.15) is 54.1 Å². The van der Waals surface area contributed by atoms with Crippen LogP contribution in [-0.2, 0) is 25.7 Å². The Bertz CT molecular complexity index is 1040. The molecule has 2 fully saturated rings. The summed E-state index contributed by atoms with van der Waals surface area (Å²) in [5, 5.41) is 0. The fourth-order valence-electron chi connectivity index (χ4n) is 5.69. The van der Waals surface area contributed by atoms with E-state index in [1.807, 2.05) is 4.90 Å². The first-order valence-corrected chi connectivity index (χ1v) is 12.1. The number of rotatable bonds is 4. The quantitative estimate of drug-likeness (QED) is 0.514. The average molecular weight is 455 g/mol. The number of likely N-dealkylation sites (tertiary alicyclic amines) is 2. The van der Waals surface area contributed by atoms with Crippen LogP contribution in [0, 0.1) is 12.3 Å². The zero-order valence-electron chi connectivity index (χ0n) is 18.9. The van der Waals surface area contributed by atoms with Gasteiger partial charge >= 0.3 is 5.97 Å². The molecule has 1 amide bonds. The van der Waals surface area contributed by atoms with Crippen molar-refractivity contribution >= 4 is 26.9 Å². The topological polar surface area (TPSA) is 59.1 Å². The molecule has 0 aliphatic carbocycles. The highest BCUT2D eigenvalue weighted by atomic mass is 31.0. The fraction of sp³-hybridized carbons (Fsp3) is 0.520. The number of hydrogen-bond acceptors (Lipinski definition) is 5. The van der Waals surface area contributed by atoms with Crippen molar-refractivity contribution < 1.29 is 19.1 Å². The smallest absolute Gasteiger partial charge is 0.336 e. The Morgan fingerprint density at radius 3 is 2.50 bits per heavy atom. The Hall–Kier alpha value is -2.17. The Kier molecular flexibility index (Phi) is 5.42. The lowest BCUT2D eigenvalue weighted by atomic mass is 9.77. The van der Waals surface area contributed by atoms with Gasteiger partial charge in [-0.2, -0.15) is 0 Å². The summed E-state index contributed by atoms with van der Waals surface area (Å²) >= 11 is 0. The van der Waals surface area contributed by atoms with Crippen LogP contribution in [0.4, 0.5) is 0 Å². The first-order chi connectivity index (χ1) is 15.3. The van der Waals surface area contributed by atoms with Crippen molar-refractivity contribution in [3.63, 3.8) is 0 Å². The van der Waals surface area contributed by atoms with Gasteiger partial charge in [0, 0.05) is 29.9 Å². The molecule has 0 saturated carbocycles. The van der Waals surface area contributed by atoms with Gasteiger partial charge in [0.05, 0.1) is 16.7 Å². The molecule has 1 spiro atoms. The number of piperidine rings is 1. The highest BCUT2D eigenvalue weighted by Gasteiger charge is 2.50. The van der Waals surface area contributed by atoms with Gasteiger partial charge in [0.1, 0.15) is 19.0 Å². The first-order valence-electron chi connectivity index (χ1n) is 11.4. The molecule has 1 aromatic carbocycles. The zero-order chi connectivity index (χ0) is 22.6. The molecule has 170 valence electrons. The molecule has 4 heterocycles. The van der Waals surface area contributed by atoms with E-state index in [2.05, 4.69) is 39.8 Å². The molecule has 7 heteroatoms. The number of ether oxygens (including phenoxy) is 2. The number of fused-ring (bicyclic) bond motifs is 1. The van der Waals surface area contributed by atoms with E-state index in [-0.39, 0.29) is 23.9 Å². The Balaban J connectivity index is 1.23. The van der Waals surface area contributed by atoms with Crippen molar-refractivity contribution in [2.24, 2.45) is 5.41 Å². The maximum atomic E-state index is 13.3. The molecule has 0 radical (unpaired) electrons. The largest absolute Gasteiger partial charge is 0.489 e. The average Bonchev–Trinajstić information content (AvgIpc) is 3.42. The van der Waals surface area contributed by atoms with Crippen molar-refractivity contribution in [1.82, 2.24) is 9.80 Å². The Morgan fingerprint density at radius 2 is 1.81 bits per heavy atom. The van der Waals surface area contributed by atoms with Crippen LogP contribution in [0.25, 0.3) is 5.76 Å². The van der Waals surface area contributed by atoms with E-state index < -0.39 is 0 Å². The highest BCUT2D eigenvalue weighted by Crippen LogP contribution is 2.44. The zero-order valence-corrected chi connectivity index (χ0v) is 20.1. The monoisotopic (exact) mass is 454 g/mol. The molecule has 4 aliphatic heterocycles. The second kappa shape index (κ2) is 8.00. The SMILES string of the molecule is C=C1OCc2c1ccc(C(P)CN1CCC3(CC1)CCN(C1=C(C)C(=O)OC1)C3=O)c2C. The van der Waals surface area contributed by atoms with Gasteiger partial charge in [-0.25, -0.2) is 4.79 Å². The molecular formula is C25H31N2O4P. The molecule has 6 nitrogen and oxygen atoms in total. The predicted molar refractivity (Wildman–Crippen MR) is 126 cm³/mol. The molecule has 0 bridgehead atoms. The summed E-state index contributed by atoms with van der Waals surface area (Å²) in [6, 6.07) is 4.34. The standard InChI is InChI=1S/C25H31N2O4P/c1-15-18(4-5-19-17(3)30-13-20(15)19)22(32)12-26-9-6-25(7-10-26)8-11-27(24(25)29)21-14-31-23(28)16(21)2/h4-5,22H,3,6-14,32H2,1-2H3. The maximum Gasteiger partial charge on any atom is 0.336 e. The summed E-state index contributed by atoms with van der Waals surface area (Å²) in [6.07, 6.45) is 2.61. The van der Waals surface area contributed by atoms with Crippen molar-refractivity contribution in [2.75, 3.05) is 32.8 Å². The van der Waals surface area contributed by atoms with Gasteiger partial charge in [0.2, 0.25) is 5.91 Å². The second-order valence-corrected chi connectivity index (χ2v) is 10.4. The number of nitrogens with zero attached hydrogens (tertiary/aromatic N) is 2. The van der Waals surface area contributed by atoms with E-state index in [0.29, 0.717) is 24.4 Å². The van der Waals surface area contributed by atoms with Crippen LogP contribution >= 0.6 is 9.24 Å². The van der Waals surface area contributed by atoms with Crippen molar-refractivity contribution in [3.05, 3.63) is 52.2 Å². The number of hydrogen-bond donors (Lipinski definition) is 0. The van der Waals surface area contributed by atoms with Crippen LogP contribution < -0.4 is 0 Å². The van der Waals surface area contributed by atoms with Crippen molar-refractivity contribution in [1.29, 1.82) is 0 Å². The van der Waals surface area contributed by atoms with E-state index in [0.717, 1.165) is 55.9 Å². The lowest BCUT2D eigenvalue weighted by Crippen LogP contribution is -2.45. The predicted octanol–water partition coefficient (Wildman–Crippen LogP) is 3.56. The van der Waals surface area contributed by atoms with E-state index in [9.17, 15) is 9.59 Å². The van der Waals surface area contributed by atoms with Gasteiger partial charge in [-0.1, -0.05) is 18.7 Å².